The molecule has 1 fully saturated rings. The van der Waals surface area contributed by atoms with E-state index in [1.54, 1.807) is 6.07 Å². The van der Waals surface area contributed by atoms with Crippen molar-refractivity contribution in [3.63, 3.8) is 0 Å². The van der Waals surface area contributed by atoms with Crippen LogP contribution in [0, 0.1) is 0 Å². The molecule has 100 valence electrons. The van der Waals surface area contributed by atoms with E-state index in [0.717, 1.165) is 25.3 Å². The van der Waals surface area contributed by atoms with Gasteiger partial charge in [-0.15, -0.1) is 0 Å². The van der Waals surface area contributed by atoms with Gasteiger partial charge in [0, 0.05) is 25.6 Å². The maximum atomic E-state index is 11.5. The Kier molecular flexibility index (Phi) is 4.38. The van der Waals surface area contributed by atoms with Crippen molar-refractivity contribution in [2.24, 2.45) is 0 Å². The number of hydrogen-bond donors (Lipinski definition) is 2. The van der Waals surface area contributed by atoms with Gasteiger partial charge in [-0.2, -0.15) is 0 Å². The van der Waals surface area contributed by atoms with Gasteiger partial charge in [0.2, 0.25) is 5.91 Å². The zero-order valence-corrected chi connectivity index (χ0v) is 10.7. The van der Waals surface area contributed by atoms with Crippen LogP contribution < -0.4 is 5.32 Å². The Hall–Kier alpha value is -1.33. The van der Waals surface area contributed by atoms with Crippen molar-refractivity contribution >= 4 is 5.91 Å². The van der Waals surface area contributed by atoms with E-state index < -0.39 is 0 Å². The molecule has 1 atom stereocenters. The predicted molar refractivity (Wildman–Crippen MR) is 66.7 cm³/mol. The van der Waals surface area contributed by atoms with Gasteiger partial charge in [0.05, 0.1) is 6.54 Å². The first-order chi connectivity index (χ1) is 8.69. The van der Waals surface area contributed by atoms with E-state index in [0.29, 0.717) is 18.7 Å². The predicted octanol–water partition coefficient (Wildman–Crippen LogP) is 0.872. The zero-order valence-electron chi connectivity index (χ0n) is 10.7. The molecule has 5 nitrogen and oxygen atoms in total. The van der Waals surface area contributed by atoms with E-state index >= 15 is 0 Å². The second kappa shape index (κ2) is 6.02. The zero-order chi connectivity index (χ0) is 13.0. The van der Waals surface area contributed by atoms with Crippen molar-refractivity contribution in [2.45, 2.75) is 39.0 Å². The van der Waals surface area contributed by atoms with Gasteiger partial charge in [-0.3, -0.25) is 4.79 Å². The van der Waals surface area contributed by atoms with Gasteiger partial charge < -0.3 is 19.7 Å². The Labute approximate surface area is 107 Å². The summed E-state index contributed by atoms with van der Waals surface area (Å²) in [6.07, 6.45) is 1.66. The molecule has 0 spiro atoms. The molecule has 18 heavy (non-hydrogen) atoms. The summed E-state index contributed by atoms with van der Waals surface area (Å²) in [6, 6.07) is 3.85. The summed E-state index contributed by atoms with van der Waals surface area (Å²) >= 11 is 0. The number of rotatable bonds is 6. The molecule has 1 aromatic heterocycles. The van der Waals surface area contributed by atoms with E-state index in [-0.39, 0.29) is 18.6 Å². The van der Waals surface area contributed by atoms with E-state index in [4.69, 9.17) is 9.52 Å². The summed E-state index contributed by atoms with van der Waals surface area (Å²) in [4.78, 5) is 13.4. The number of furan rings is 1. The van der Waals surface area contributed by atoms with Crippen LogP contribution in [0.5, 0.6) is 0 Å². The SMILES string of the molecule is CC(CN1CCCC1=O)NCc1ccc(CO)o1. The number of carbonyl (C=O) groups excluding carboxylic acids is 1. The lowest BCUT2D eigenvalue weighted by molar-refractivity contribution is -0.127. The summed E-state index contributed by atoms with van der Waals surface area (Å²) in [6.45, 7) is 4.22. The molecule has 1 unspecified atom stereocenters. The molecule has 2 rings (SSSR count). The molecule has 1 amide bonds. The first-order valence-electron chi connectivity index (χ1n) is 6.38. The Morgan fingerprint density at radius 3 is 2.89 bits per heavy atom. The monoisotopic (exact) mass is 252 g/mol. The molecule has 1 aliphatic rings. The highest BCUT2D eigenvalue weighted by Gasteiger charge is 2.21. The van der Waals surface area contributed by atoms with Crippen molar-refractivity contribution in [3.8, 4) is 0 Å². The summed E-state index contributed by atoms with van der Waals surface area (Å²) in [5.74, 6) is 1.64. The van der Waals surface area contributed by atoms with Gasteiger partial charge in [0.25, 0.3) is 0 Å². The molecule has 1 saturated heterocycles. The van der Waals surface area contributed by atoms with Crippen LogP contribution in [0.1, 0.15) is 31.3 Å². The van der Waals surface area contributed by atoms with Gasteiger partial charge in [-0.1, -0.05) is 0 Å². The maximum Gasteiger partial charge on any atom is 0.222 e. The smallest absolute Gasteiger partial charge is 0.222 e. The number of hydrogen-bond acceptors (Lipinski definition) is 4. The average Bonchev–Trinajstić information content (AvgIpc) is 2.97. The second-order valence-electron chi connectivity index (χ2n) is 4.75. The minimum absolute atomic E-state index is 0.0716. The van der Waals surface area contributed by atoms with Gasteiger partial charge in [-0.25, -0.2) is 0 Å². The highest BCUT2D eigenvalue weighted by molar-refractivity contribution is 5.78. The van der Waals surface area contributed by atoms with E-state index in [1.807, 2.05) is 11.0 Å². The molecular formula is C13H20N2O3. The fourth-order valence-corrected chi connectivity index (χ4v) is 2.17. The lowest BCUT2D eigenvalue weighted by Crippen LogP contribution is -2.39. The van der Waals surface area contributed by atoms with Gasteiger partial charge in [0.15, 0.2) is 0 Å². The number of amides is 1. The molecule has 0 aliphatic carbocycles. The summed E-state index contributed by atoms with van der Waals surface area (Å²) < 4.78 is 5.38. The van der Waals surface area contributed by atoms with Gasteiger partial charge >= 0.3 is 0 Å². The Balaban J connectivity index is 1.74. The van der Waals surface area contributed by atoms with Gasteiger partial charge in [-0.05, 0) is 25.5 Å². The topological polar surface area (TPSA) is 65.7 Å². The third kappa shape index (κ3) is 3.34. The number of aliphatic hydroxyl groups is 1. The van der Waals surface area contributed by atoms with Crippen LogP contribution in [-0.2, 0) is 17.9 Å². The van der Waals surface area contributed by atoms with Crippen LogP contribution >= 0.6 is 0 Å². The minimum atomic E-state index is -0.0716. The van der Waals surface area contributed by atoms with Gasteiger partial charge in [0.1, 0.15) is 18.1 Å². The minimum Gasteiger partial charge on any atom is -0.462 e. The number of aliphatic hydroxyl groups excluding tert-OH is 1. The van der Waals surface area contributed by atoms with Crippen molar-refractivity contribution in [1.29, 1.82) is 0 Å². The van der Waals surface area contributed by atoms with E-state index in [9.17, 15) is 4.79 Å². The quantitative estimate of drug-likeness (QED) is 0.788. The molecule has 1 aliphatic heterocycles. The van der Waals surface area contributed by atoms with Crippen LogP contribution in [0.4, 0.5) is 0 Å². The molecule has 1 aromatic rings. The summed E-state index contributed by atoms with van der Waals surface area (Å²) in [5, 5.41) is 12.2. The lowest BCUT2D eigenvalue weighted by atomic mass is 10.3. The largest absolute Gasteiger partial charge is 0.462 e. The highest BCUT2D eigenvalue weighted by Crippen LogP contribution is 2.11. The van der Waals surface area contributed by atoms with E-state index in [2.05, 4.69) is 12.2 Å². The number of likely N-dealkylation sites (tertiary alicyclic amines) is 1. The van der Waals surface area contributed by atoms with Crippen LogP contribution in [0.15, 0.2) is 16.5 Å². The normalized spacial score (nSPS) is 17.4. The molecule has 0 saturated carbocycles. The number of carbonyl (C=O) groups is 1. The van der Waals surface area contributed by atoms with Crippen LogP contribution in [0.2, 0.25) is 0 Å². The third-order valence-corrected chi connectivity index (χ3v) is 3.16. The van der Waals surface area contributed by atoms with Crippen molar-refractivity contribution in [2.75, 3.05) is 13.1 Å². The molecule has 0 aromatic carbocycles. The summed E-state index contributed by atoms with van der Waals surface area (Å²) in [7, 11) is 0. The highest BCUT2D eigenvalue weighted by atomic mass is 16.4. The first kappa shape index (κ1) is 13.1. The fraction of sp³-hybridized carbons (Fsp3) is 0.615. The van der Waals surface area contributed by atoms with Crippen molar-refractivity contribution in [3.05, 3.63) is 23.7 Å². The van der Waals surface area contributed by atoms with Crippen LogP contribution in [0.3, 0.4) is 0 Å². The molecule has 2 heterocycles. The third-order valence-electron chi connectivity index (χ3n) is 3.16. The van der Waals surface area contributed by atoms with Crippen molar-refractivity contribution < 1.29 is 14.3 Å². The summed E-state index contributed by atoms with van der Waals surface area (Å²) in [5.41, 5.74) is 0. The lowest BCUT2D eigenvalue weighted by Gasteiger charge is -2.21. The Morgan fingerprint density at radius 2 is 2.28 bits per heavy atom. The molecule has 2 N–H and O–H groups in total. The standard InChI is InChI=1S/C13H20N2O3/c1-10(8-15-6-2-3-13(15)17)14-7-11-4-5-12(9-16)18-11/h4-5,10,14,16H,2-3,6-9H2,1H3. The average molecular weight is 252 g/mol. The van der Waals surface area contributed by atoms with E-state index in [1.165, 1.54) is 0 Å². The van der Waals surface area contributed by atoms with Crippen LogP contribution in [-0.4, -0.2) is 35.0 Å². The molecule has 5 heteroatoms. The fourth-order valence-electron chi connectivity index (χ4n) is 2.17. The number of nitrogens with zero attached hydrogens (tertiary/aromatic N) is 1. The second-order valence-corrected chi connectivity index (χ2v) is 4.75. The maximum absolute atomic E-state index is 11.5. The molecule has 0 bridgehead atoms. The first-order valence-corrected chi connectivity index (χ1v) is 6.38. The van der Waals surface area contributed by atoms with Crippen LogP contribution in [0.25, 0.3) is 0 Å². The molecule has 0 radical (unpaired) electrons. The number of nitrogens with one attached hydrogen (secondary N) is 1. The Bertz CT molecular complexity index is 403. The van der Waals surface area contributed by atoms with Crippen molar-refractivity contribution in [1.82, 2.24) is 10.2 Å². The Morgan fingerprint density at radius 1 is 1.50 bits per heavy atom. The molecular weight excluding hydrogens is 232 g/mol.